The highest BCUT2D eigenvalue weighted by Crippen LogP contribution is 2.51. The average molecular weight is 609 g/mol. The molecule has 2 heterocycles. The van der Waals surface area contributed by atoms with Crippen molar-refractivity contribution in [2.75, 3.05) is 13.2 Å². The van der Waals surface area contributed by atoms with Gasteiger partial charge < -0.3 is 9.84 Å². The van der Waals surface area contributed by atoms with Crippen LogP contribution in [0.5, 0.6) is 0 Å². The van der Waals surface area contributed by atoms with Crippen LogP contribution in [0.3, 0.4) is 0 Å². The van der Waals surface area contributed by atoms with Gasteiger partial charge in [-0.05, 0) is 19.3 Å². The number of aromatic amines is 1. The Morgan fingerprint density at radius 2 is 1.66 bits per heavy atom. The second-order valence-electron chi connectivity index (χ2n) is 10.7. The Morgan fingerprint density at radius 3 is 2.27 bits per heavy atom. The SMILES string of the molecule is CCCCCCCCCCCCCC(CC)OOP(=O)(OCCC)OCC1OC(n2cc(F)c(=O)[nH]c2=O)CC1O. The zero-order chi connectivity index (χ0) is 30.1. The number of nitrogens with one attached hydrogen (secondary N) is 1. The quantitative estimate of drug-likeness (QED) is 0.0634. The first-order valence-electron chi connectivity index (χ1n) is 15.3. The lowest BCUT2D eigenvalue weighted by molar-refractivity contribution is -0.264. The fourth-order valence-electron chi connectivity index (χ4n) is 4.63. The monoisotopic (exact) mass is 608 g/mol. The maximum absolute atomic E-state index is 13.7. The number of phosphoric acid groups is 1. The van der Waals surface area contributed by atoms with Crippen molar-refractivity contribution in [3.63, 3.8) is 0 Å². The van der Waals surface area contributed by atoms with E-state index in [1.165, 1.54) is 57.8 Å². The molecule has 1 saturated heterocycles. The summed E-state index contributed by atoms with van der Waals surface area (Å²) in [6.07, 6.45) is 12.8. The van der Waals surface area contributed by atoms with E-state index in [1.54, 1.807) is 0 Å². The molecule has 13 heteroatoms. The van der Waals surface area contributed by atoms with Crippen LogP contribution in [0.25, 0.3) is 0 Å². The van der Waals surface area contributed by atoms with E-state index in [1.807, 2.05) is 18.8 Å². The van der Waals surface area contributed by atoms with Crippen molar-refractivity contribution < 1.29 is 37.4 Å². The van der Waals surface area contributed by atoms with Crippen LogP contribution in [0.2, 0.25) is 0 Å². The molecule has 0 radical (unpaired) electrons. The lowest BCUT2D eigenvalue weighted by Crippen LogP contribution is -2.34. The molecular formula is C28H50FN2O9P. The number of aliphatic hydroxyl groups is 1. The molecule has 1 fully saturated rings. The first-order valence-corrected chi connectivity index (χ1v) is 16.8. The number of halogens is 1. The Balaban J connectivity index is 1.76. The van der Waals surface area contributed by atoms with Gasteiger partial charge in [0.25, 0.3) is 5.56 Å². The minimum absolute atomic E-state index is 0.0756. The summed E-state index contributed by atoms with van der Waals surface area (Å²) in [7, 11) is -4.15. The molecule has 1 aliphatic rings. The van der Waals surface area contributed by atoms with Gasteiger partial charge in [-0.15, -0.1) is 4.67 Å². The molecule has 2 rings (SSSR count). The standard InChI is InChI=1S/C28H50FN2O9P/c1-4-7-8-9-10-11-12-13-14-15-16-17-22(6-3)39-40-41(35,36-18-5-2)37-21-25-24(32)19-26(38-25)31-20-23(29)27(33)30-28(31)34/h20,22,24-26,32H,4-19,21H2,1-3H3,(H,30,33,34). The van der Waals surface area contributed by atoms with E-state index in [4.69, 9.17) is 23.3 Å². The highest BCUT2D eigenvalue weighted by atomic mass is 31.2. The molecule has 1 aromatic rings. The number of aromatic nitrogens is 2. The van der Waals surface area contributed by atoms with Crippen LogP contribution >= 0.6 is 7.82 Å². The van der Waals surface area contributed by atoms with Gasteiger partial charge in [0.15, 0.2) is 0 Å². The van der Waals surface area contributed by atoms with Gasteiger partial charge in [-0.3, -0.25) is 23.4 Å². The van der Waals surface area contributed by atoms with E-state index >= 15 is 0 Å². The predicted octanol–water partition coefficient (Wildman–Crippen LogP) is 6.30. The number of ether oxygens (including phenoxy) is 1. The molecule has 41 heavy (non-hydrogen) atoms. The maximum Gasteiger partial charge on any atom is 0.502 e. The number of hydrogen-bond acceptors (Lipinski definition) is 9. The third kappa shape index (κ3) is 13.2. The highest BCUT2D eigenvalue weighted by Gasteiger charge is 2.39. The smallest absolute Gasteiger partial charge is 0.390 e. The molecule has 0 spiro atoms. The topological polar surface area (TPSA) is 138 Å². The first kappa shape index (κ1) is 35.8. The fraction of sp³-hybridized carbons (Fsp3) is 0.857. The van der Waals surface area contributed by atoms with Crippen LogP contribution < -0.4 is 11.2 Å². The Morgan fingerprint density at radius 1 is 1.02 bits per heavy atom. The van der Waals surface area contributed by atoms with Crippen molar-refractivity contribution in [3.8, 4) is 0 Å². The first-order chi connectivity index (χ1) is 19.7. The van der Waals surface area contributed by atoms with Crippen molar-refractivity contribution in [2.45, 2.75) is 142 Å². The van der Waals surface area contributed by atoms with E-state index in [9.17, 15) is 23.7 Å². The zero-order valence-corrected chi connectivity index (χ0v) is 25.8. The van der Waals surface area contributed by atoms with Gasteiger partial charge in [-0.2, -0.15) is 4.39 Å². The summed E-state index contributed by atoms with van der Waals surface area (Å²) in [4.78, 5) is 30.7. The third-order valence-electron chi connectivity index (χ3n) is 7.14. The van der Waals surface area contributed by atoms with Gasteiger partial charge in [0.2, 0.25) is 5.82 Å². The van der Waals surface area contributed by atoms with Gasteiger partial charge in [0.05, 0.1) is 31.6 Å². The van der Waals surface area contributed by atoms with E-state index in [0.717, 1.165) is 23.8 Å². The number of phosphoric ester groups is 1. The van der Waals surface area contributed by atoms with Crippen LogP contribution in [0, 0.1) is 5.82 Å². The van der Waals surface area contributed by atoms with Crippen molar-refractivity contribution in [3.05, 3.63) is 32.9 Å². The van der Waals surface area contributed by atoms with Crippen LogP contribution in [0.4, 0.5) is 4.39 Å². The summed E-state index contributed by atoms with van der Waals surface area (Å²) in [5.41, 5.74) is -2.03. The minimum atomic E-state index is -4.15. The average Bonchev–Trinajstić information content (AvgIpc) is 3.33. The molecule has 2 N–H and O–H groups in total. The lowest BCUT2D eigenvalue weighted by Gasteiger charge is -2.22. The Hall–Kier alpha value is -1.40. The Labute approximate surface area is 242 Å². The van der Waals surface area contributed by atoms with E-state index in [2.05, 4.69) is 6.92 Å². The molecule has 0 saturated carbocycles. The van der Waals surface area contributed by atoms with Gasteiger partial charge in [-0.25, -0.2) is 14.2 Å². The van der Waals surface area contributed by atoms with E-state index in [0.29, 0.717) is 19.0 Å². The van der Waals surface area contributed by atoms with E-state index < -0.39 is 49.9 Å². The van der Waals surface area contributed by atoms with Crippen molar-refractivity contribution in [2.24, 2.45) is 0 Å². The second kappa shape index (κ2) is 19.7. The number of H-pyrrole nitrogens is 1. The molecule has 5 atom stereocenters. The largest absolute Gasteiger partial charge is 0.502 e. The van der Waals surface area contributed by atoms with Crippen molar-refractivity contribution in [1.29, 1.82) is 0 Å². The number of unbranched alkanes of at least 4 members (excludes halogenated alkanes) is 10. The van der Waals surface area contributed by atoms with Crippen molar-refractivity contribution in [1.82, 2.24) is 9.55 Å². The van der Waals surface area contributed by atoms with E-state index in [-0.39, 0.29) is 19.1 Å². The zero-order valence-electron chi connectivity index (χ0n) is 24.9. The minimum Gasteiger partial charge on any atom is -0.390 e. The number of hydrogen-bond donors (Lipinski definition) is 2. The van der Waals surface area contributed by atoms with Gasteiger partial charge >= 0.3 is 13.5 Å². The molecular weight excluding hydrogens is 558 g/mol. The maximum atomic E-state index is 13.7. The van der Waals surface area contributed by atoms with Crippen LogP contribution in [-0.4, -0.2) is 46.2 Å². The number of rotatable bonds is 23. The van der Waals surface area contributed by atoms with Crippen LogP contribution in [0.15, 0.2) is 15.8 Å². The summed E-state index contributed by atoms with van der Waals surface area (Å²) in [5, 5.41) is 10.4. The fourth-order valence-corrected chi connectivity index (χ4v) is 5.75. The molecule has 5 unspecified atom stereocenters. The molecule has 238 valence electrons. The molecule has 1 aromatic heterocycles. The molecule has 0 aliphatic carbocycles. The van der Waals surface area contributed by atoms with Crippen LogP contribution in [-0.2, 0) is 27.9 Å². The summed E-state index contributed by atoms with van der Waals surface area (Å²) >= 11 is 0. The lowest BCUT2D eigenvalue weighted by atomic mass is 10.0. The Kier molecular flexibility index (Phi) is 17.2. The van der Waals surface area contributed by atoms with Gasteiger partial charge in [0.1, 0.15) is 12.3 Å². The summed E-state index contributed by atoms with van der Waals surface area (Å²) in [5.74, 6) is -1.16. The van der Waals surface area contributed by atoms with Gasteiger partial charge in [0, 0.05) is 6.42 Å². The molecule has 11 nitrogen and oxygen atoms in total. The highest BCUT2D eigenvalue weighted by molar-refractivity contribution is 7.48. The molecule has 0 bridgehead atoms. The molecule has 0 amide bonds. The predicted molar refractivity (Wildman–Crippen MR) is 153 cm³/mol. The third-order valence-corrected chi connectivity index (χ3v) is 8.38. The number of aliphatic hydroxyl groups excluding tert-OH is 1. The normalized spacial score (nSPS) is 21.2. The second-order valence-corrected chi connectivity index (χ2v) is 12.2. The number of nitrogens with zero attached hydrogens (tertiary/aromatic N) is 1. The Bertz CT molecular complexity index is 1020. The van der Waals surface area contributed by atoms with Gasteiger partial charge in [-0.1, -0.05) is 91.4 Å². The summed E-state index contributed by atoms with van der Waals surface area (Å²) < 4.78 is 49.4. The molecule has 0 aromatic carbocycles. The van der Waals surface area contributed by atoms with Crippen molar-refractivity contribution >= 4 is 7.82 Å². The summed E-state index contributed by atoms with van der Waals surface area (Å²) in [6.45, 7) is 5.73. The molecule has 1 aliphatic heterocycles. The summed E-state index contributed by atoms with van der Waals surface area (Å²) in [6, 6.07) is 0. The van der Waals surface area contributed by atoms with Crippen LogP contribution in [0.1, 0.15) is 123 Å².